The Morgan fingerprint density at radius 2 is 2.23 bits per heavy atom. The summed E-state index contributed by atoms with van der Waals surface area (Å²) in [5.74, 6) is 0.385. The largest absolute Gasteiger partial charge is 0.392 e. The molecule has 6 heteroatoms. The van der Waals surface area contributed by atoms with Gasteiger partial charge in [-0.25, -0.2) is 4.98 Å². The Bertz CT molecular complexity index is 536. The van der Waals surface area contributed by atoms with Crippen LogP contribution in [0.5, 0.6) is 0 Å². The number of amides is 1. The van der Waals surface area contributed by atoms with Crippen molar-refractivity contribution in [1.29, 1.82) is 0 Å². The minimum atomic E-state index is -0.306. The van der Waals surface area contributed by atoms with E-state index in [0.717, 1.165) is 12.8 Å². The van der Waals surface area contributed by atoms with E-state index in [1.807, 2.05) is 11.8 Å². The molecular formula is C16H23N3O3. The number of piperidine rings is 1. The highest BCUT2D eigenvalue weighted by atomic mass is 16.5. The molecule has 6 nitrogen and oxygen atoms in total. The zero-order valence-corrected chi connectivity index (χ0v) is 12.9. The summed E-state index contributed by atoms with van der Waals surface area (Å²) in [7, 11) is 0. The molecular weight excluding hydrogens is 282 g/mol. The van der Waals surface area contributed by atoms with Crippen LogP contribution in [-0.4, -0.2) is 52.8 Å². The summed E-state index contributed by atoms with van der Waals surface area (Å²) >= 11 is 0. The van der Waals surface area contributed by atoms with Gasteiger partial charge in [0.15, 0.2) is 0 Å². The average molecular weight is 305 g/mol. The lowest BCUT2D eigenvalue weighted by Gasteiger charge is -2.56. The Labute approximate surface area is 130 Å². The summed E-state index contributed by atoms with van der Waals surface area (Å²) in [6.07, 6.45) is 3.62. The second kappa shape index (κ2) is 5.85. The number of aliphatic hydroxyl groups is 1. The maximum atomic E-state index is 12.5. The molecule has 3 rings (SSSR count). The van der Waals surface area contributed by atoms with Crippen molar-refractivity contribution < 1.29 is 14.6 Å². The van der Waals surface area contributed by atoms with Crippen LogP contribution >= 0.6 is 0 Å². The number of anilines is 1. The Morgan fingerprint density at radius 3 is 2.77 bits per heavy atom. The fourth-order valence-electron chi connectivity index (χ4n) is 3.66. The highest BCUT2D eigenvalue weighted by molar-refractivity contribution is 5.94. The van der Waals surface area contributed by atoms with E-state index in [9.17, 15) is 9.90 Å². The van der Waals surface area contributed by atoms with E-state index in [2.05, 4.69) is 4.98 Å². The Hall–Kier alpha value is -1.66. The molecule has 1 spiro atoms. The van der Waals surface area contributed by atoms with Crippen LogP contribution in [0.15, 0.2) is 18.3 Å². The molecule has 0 unspecified atom stereocenters. The Kier molecular flexibility index (Phi) is 4.06. The number of nitrogens with two attached hydrogens (primary N) is 1. The lowest BCUT2D eigenvalue weighted by atomic mass is 9.58. The third-order valence-corrected chi connectivity index (χ3v) is 5.12. The molecule has 1 aromatic heterocycles. The second-order valence-corrected chi connectivity index (χ2v) is 6.19. The van der Waals surface area contributed by atoms with E-state index < -0.39 is 0 Å². The number of pyridine rings is 1. The van der Waals surface area contributed by atoms with Crippen LogP contribution in [0.25, 0.3) is 0 Å². The zero-order valence-electron chi connectivity index (χ0n) is 12.9. The van der Waals surface area contributed by atoms with Crippen LogP contribution in [0.4, 0.5) is 5.82 Å². The first-order chi connectivity index (χ1) is 10.6. The van der Waals surface area contributed by atoms with Gasteiger partial charge >= 0.3 is 0 Å². The van der Waals surface area contributed by atoms with Gasteiger partial charge in [0, 0.05) is 37.7 Å². The van der Waals surface area contributed by atoms with E-state index in [1.54, 1.807) is 12.1 Å². The van der Waals surface area contributed by atoms with Gasteiger partial charge in [0.25, 0.3) is 5.91 Å². The molecule has 1 aliphatic heterocycles. The van der Waals surface area contributed by atoms with E-state index in [0.29, 0.717) is 37.5 Å². The molecule has 1 saturated carbocycles. The number of ether oxygens (including phenoxy) is 1. The predicted octanol–water partition coefficient (Wildman–Crippen LogP) is 1.06. The van der Waals surface area contributed by atoms with Crippen molar-refractivity contribution in [1.82, 2.24) is 9.88 Å². The third-order valence-electron chi connectivity index (χ3n) is 5.12. The van der Waals surface area contributed by atoms with Crippen LogP contribution in [0, 0.1) is 5.41 Å². The lowest BCUT2D eigenvalue weighted by Crippen LogP contribution is -2.62. The molecule has 2 fully saturated rings. The number of hydrogen-bond donors (Lipinski definition) is 2. The molecule has 0 bridgehead atoms. The van der Waals surface area contributed by atoms with Gasteiger partial charge in [-0.2, -0.15) is 0 Å². The van der Waals surface area contributed by atoms with Crippen LogP contribution in [0.3, 0.4) is 0 Å². The standard InChI is InChI=1S/C16H23N3O3/c1-2-22-13-9-12(20)16(13)5-7-19(8-6-16)15(21)11-3-4-14(17)18-10-11/h3-4,10,12-13,20H,2,5-9H2,1H3,(H2,17,18)/t12-,13+/m0/s1. The predicted molar refractivity (Wildman–Crippen MR) is 82.3 cm³/mol. The molecule has 1 saturated heterocycles. The topological polar surface area (TPSA) is 88.7 Å². The van der Waals surface area contributed by atoms with Crippen molar-refractivity contribution in [3.63, 3.8) is 0 Å². The first-order valence-corrected chi connectivity index (χ1v) is 7.87. The normalized spacial score (nSPS) is 26.7. The fraction of sp³-hybridized carbons (Fsp3) is 0.625. The van der Waals surface area contributed by atoms with Gasteiger partial charge in [-0.1, -0.05) is 0 Å². The van der Waals surface area contributed by atoms with Crippen molar-refractivity contribution in [2.24, 2.45) is 5.41 Å². The van der Waals surface area contributed by atoms with Gasteiger partial charge in [-0.3, -0.25) is 4.79 Å². The summed E-state index contributed by atoms with van der Waals surface area (Å²) in [6, 6.07) is 3.34. The number of aliphatic hydroxyl groups excluding tert-OH is 1. The molecule has 3 N–H and O–H groups in total. The molecule has 0 radical (unpaired) electrons. The lowest BCUT2D eigenvalue weighted by molar-refractivity contribution is -0.207. The molecule has 120 valence electrons. The molecule has 1 aromatic rings. The average Bonchev–Trinajstić information content (AvgIpc) is 2.55. The van der Waals surface area contributed by atoms with Crippen molar-refractivity contribution in [2.75, 3.05) is 25.4 Å². The first kappa shape index (κ1) is 15.2. The van der Waals surface area contributed by atoms with Crippen molar-refractivity contribution in [3.05, 3.63) is 23.9 Å². The molecule has 22 heavy (non-hydrogen) atoms. The van der Waals surface area contributed by atoms with E-state index in [1.165, 1.54) is 6.20 Å². The number of carbonyl (C=O) groups excluding carboxylic acids is 1. The Balaban J connectivity index is 1.64. The van der Waals surface area contributed by atoms with Crippen LogP contribution < -0.4 is 5.73 Å². The monoisotopic (exact) mass is 305 g/mol. The number of rotatable bonds is 3. The van der Waals surface area contributed by atoms with Gasteiger partial charge in [0.1, 0.15) is 5.82 Å². The SMILES string of the molecule is CCO[C@@H]1C[C@H](O)C12CCN(C(=O)c1ccc(N)nc1)CC2. The van der Waals surface area contributed by atoms with Gasteiger partial charge < -0.3 is 20.5 Å². The zero-order chi connectivity index (χ0) is 15.7. The minimum absolute atomic E-state index is 0.0240. The molecule has 2 aliphatic rings. The van der Waals surface area contributed by atoms with Crippen LogP contribution in [-0.2, 0) is 4.74 Å². The molecule has 2 atom stereocenters. The summed E-state index contributed by atoms with van der Waals surface area (Å²) in [5.41, 5.74) is 5.94. The highest BCUT2D eigenvalue weighted by Gasteiger charge is 2.56. The van der Waals surface area contributed by atoms with Gasteiger partial charge in [0.2, 0.25) is 0 Å². The van der Waals surface area contributed by atoms with Crippen LogP contribution in [0.2, 0.25) is 0 Å². The summed E-state index contributed by atoms with van der Waals surface area (Å²) in [5, 5.41) is 10.2. The Morgan fingerprint density at radius 1 is 1.50 bits per heavy atom. The number of hydrogen-bond acceptors (Lipinski definition) is 5. The molecule has 1 aliphatic carbocycles. The maximum Gasteiger partial charge on any atom is 0.255 e. The molecule has 2 heterocycles. The highest BCUT2D eigenvalue weighted by Crippen LogP contribution is 2.51. The molecule has 1 amide bonds. The number of nitrogen functional groups attached to an aromatic ring is 1. The second-order valence-electron chi connectivity index (χ2n) is 6.19. The first-order valence-electron chi connectivity index (χ1n) is 7.87. The van der Waals surface area contributed by atoms with Crippen molar-refractivity contribution in [3.8, 4) is 0 Å². The third kappa shape index (κ3) is 2.46. The van der Waals surface area contributed by atoms with E-state index in [4.69, 9.17) is 10.5 Å². The number of carbonyl (C=O) groups is 1. The summed E-state index contributed by atoms with van der Waals surface area (Å²) in [6.45, 7) is 3.93. The molecule has 0 aromatic carbocycles. The van der Waals surface area contributed by atoms with E-state index >= 15 is 0 Å². The van der Waals surface area contributed by atoms with Crippen molar-refractivity contribution in [2.45, 2.75) is 38.4 Å². The quantitative estimate of drug-likeness (QED) is 0.871. The smallest absolute Gasteiger partial charge is 0.255 e. The van der Waals surface area contributed by atoms with Crippen molar-refractivity contribution >= 4 is 11.7 Å². The van der Waals surface area contributed by atoms with Gasteiger partial charge in [-0.15, -0.1) is 0 Å². The fourth-order valence-corrected chi connectivity index (χ4v) is 3.66. The summed E-state index contributed by atoms with van der Waals surface area (Å²) in [4.78, 5) is 18.3. The minimum Gasteiger partial charge on any atom is -0.392 e. The van der Waals surface area contributed by atoms with Gasteiger partial charge in [-0.05, 0) is 31.9 Å². The summed E-state index contributed by atoms with van der Waals surface area (Å²) < 4.78 is 5.75. The number of aromatic nitrogens is 1. The van der Waals surface area contributed by atoms with E-state index in [-0.39, 0.29) is 23.5 Å². The number of likely N-dealkylation sites (tertiary alicyclic amines) is 1. The van der Waals surface area contributed by atoms with Gasteiger partial charge in [0.05, 0.1) is 17.8 Å². The van der Waals surface area contributed by atoms with Crippen LogP contribution in [0.1, 0.15) is 36.5 Å². The number of nitrogens with zero attached hydrogens (tertiary/aromatic N) is 2. The maximum absolute atomic E-state index is 12.5.